The fraction of sp³-hybridized carbons (Fsp3) is 0.553. The van der Waals surface area contributed by atoms with E-state index in [9.17, 15) is 91.9 Å². The number of aromatic amines is 1. The number of aliphatic hydroxyl groups excluding tert-OH is 16. The predicted octanol–water partition coefficient (Wildman–Crippen LogP) is 7.35. The molecule has 2 heterocycles. The molecule has 0 saturated heterocycles. The maximum Gasteiger partial charge on any atom is 0.207 e. The minimum atomic E-state index is -1.84. The number of phenolic OH excluding ortho intramolecular Hbond substituents is 2. The second-order valence-corrected chi connectivity index (χ2v) is 29.0. The first-order valence-corrected chi connectivity index (χ1v) is 39.2. The largest absolute Gasteiger partial charge is 0.508 e. The highest BCUT2D eigenvalue weighted by atomic mass is 16.3. The van der Waals surface area contributed by atoms with Gasteiger partial charge in [0.1, 0.15) is 84.0 Å². The first kappa shape index (κ1) is 99.9. The van der Waals surface area contributed by atoms with Crippen molar-refractivity contribution in [1.82, 2.24) is 25.9 Å². The van der Waals surface area contributed by atoms with Crippen molar-refractivity contribution in [1.29, 1.82) is 32.5 Å². The van der Waals surface area contributed by atoms with Gasteiger partial charge in [0.2, 0.25) is 70.8 Å². The molecule has 0 spiro atoms. The molecule has 13 atom stereocenters. The maximum atomic E-state index is 12.3. The Hall–Kier alpha value is -13.4. The zero-order chi connectivity index (χ0) is 90.0. The van der Waals surface area contributed by atoms with Crippen molar-refractivity contribution in [2.24, 2.45) is 93.9 Å². The lowest BCUT2D eigenvalue weighted by Crippen LogP contribution is -2.35. The van der Waals surface area contributed by atoms with Crippen LogP contribution in [0.3, 0.4) is 0 Å². The summed E-state index contributed by atoms with van der Waals surface area (Å²) in [5.74, 6) is -15.9. The van der Waals surface area contributed by atoms with Gasteiger partial charge in [-0.2, -0.15) is 0 Å². The van der Waals surface area contributed by atoms with Gasteiger partial charge in [-0.05, 0) is 124 Å². The van der Waals surface area contributed by atoms with Gasteiger partial charge in [-0.3, -0.25) is 37.4 Å². The number of H-pyrrole nitrogens is 1. The summed E-state index contributed by atoms with van der Waals surface area (Å²) in [7, 11) is 0. The van der Waals surface area contributed by atoms with Gasteiger partial charge in [-0.15, -0.1) is 0 Å². The fourth-order valence-corrected chi connectivity index (χ4v) is 11.9. The summed E-state index contributed by atoms with van der Waals surface area (Å²) in [6, 6.07) is -7.43. The monoisotopic (exact) mass is 1700 g/mol. The normalized spacial score (nSPS) is 19.9. The Bertz CT molecular complexity index is 4270. The first-order valence-electron chi connectivity index (χ1n) is 39.2. The summed E-state index contributed by atoms with van der Waals surface area (Å²) < 4.78 is 0. The molecule has 121 heavy (non-hydrogen) atoms. The molecule has 45 nitrogen and oxygen atoms in total. The molecule has 1 aliphatic rings. The van der Waals surface area contributed by atoms with E-state index in [1.165, 1.54) is 68.0 Å². The highest BCUT2D eigenvalue weighted by Gasteiger charge is 2.33. The summed E-state index contributed by atoms with van der Waals surface area (Å²) in [4.78, 5) is 63.4. The van der Waals surface area contributed by atoms with Crippen LogP contribution in [0.5, 0.6) is 11.5 Å². The van der Waals surface area contributed by atoms with Crippen molar-refractivity contribution in [2.75, 3.05) is 26.2 Å². The van der Waals surface area contributed by atoms with Gasteiger partial charge in [0, 0.05) is 77.1 Å². The minimum absolute atomic E-state index is 0.00211. The maximum absolute atomic E-state index is 12.3. The van der Waals surface area contributed by atoms with E-state index in [4.69, 9.17) is 49.7 Å². The molecule has 0 unspecified atom stereocenters. The van der Waals surface area contributed by atoms with Gasteiger partial charge in [0.25, 0.3) is 0 Å². The van der Waals surface area contributed by atoms with Gasteiger partial charge < -0.3 is 130 Å². The fourth-order valence-electron chi connectivity index (χ4n) is 11.9. The highest BCUT2D eigenvalue weighted by molar-refractivity contribution is 5.96. The summed E-state index contributed by atoms with van der Waals surface area (Å²) in [5.41, 5.74) is 17.8. The number of hydrogen-bond donors (Lipinski definition) is 31. The molecule has 0 radical (unpaired) electrons. The van der Waals surface area contributed by atoms with Crippen LogP contribution in [0.2, 0.25) is 0 Å². The number of guanidine groups is 3. The molecule has 4 rings (SSSR count). The van der Waals surface area contributed by atoms with Gasteiger partial charge in [0.15, 0.2) is 41.5 Å². The number of rotatable bonds is 43. The first-order chi connectivity index (χ1) is 57.2. The Morgan fingerprint density at radius 3 is 1.45 bits per heavy atom. The Morgan fingerprint density at radius 2 is 0.975 bits per heavy atom. The molecule has 3 aromatic rings. The van der Waals surface area contributed by atoms with Crippen molar-refractivity contribution in [2.45, 2.75) is 229 Å². The summed E-state index contributed by atoms with van der Waals surface area (Å²) in [5, 5.41) is 260. The molecule has 0 bridgehead atoms. The zero-order valence-corrected chi connectivity index (χ0v) is 68.2. The van der Waals surface area contributed by atoms with Gasteiger partial charge in [-0.1, -0.05) is 58.4 Å². The van der Waals surface area contributed by atoms with E-state index in [1.54, 1.807) is 27.7 Å². The van der Waals surface area contributed by atoms with Gasteiger partial charge >= 0.3 is 0 Å². The molecular formula is C76H119N27O18. The number of aliphatic imine (C=N–C) groups is 13. The number of benzene rings is 2. The Labute approximate surface area is 698 Å². The van der Waals surface area contributed by atoms with Crippen molar-refractivity contribution in [3.8, 4) is 11.5 Å². The average Bonchev–Trinajstić information content (AvgIpc) is 1.46. The van der Waals surface area contributed by atoms with Gasteiger partial charge in [-0.25, -0.2) is 64.9 Å². The quantitative estimate of drug-likeness (QED) is 0.0149. The van der Waals surface area contributed by atoms with Crippen LogP contribution in [0.15, 0.2) is 126 Å². The number of hydrogen-bond acceptors (Lipinski definition) is 22. The second-order valence-electron chi connectivity index (χ2n) is 29.0. The van der Waals surface area contributed by atoms with E-state index < -0.39 is 217 Å². The third-order valence-corrected chi connectivity index (χ3v) is 18.4. The smallest absolute Gasteiger partial charge is 0.207 e. The van der Waals surface area contributed by atoms with E-state index in [0.717, 1.165) is 0 Å². The van der Waals surface area contributed by atoms with Crippen LogP contribution in [0, 0.1) is 44.3 Å². The molecule has 1 aliphatic heterocycles. The lowest BCUT2D eigenvalue weighted by molar-refractivity contribution is 0.410. The number of aromatic nitrogens is 2. The van der Waals surface area contributed by atoms with E-state index in [1.807, 2.05) is 0 Å². The Morgan fingerprint density at radius 1 is 0.512 bits per heavy atom. The minimum Gasteiger partial charge on any atom is -0.508 e. The standard InChI is InChI=1S/C76H119N27O18/c1-6-40(4)61-73(121)97-52(68(116)93-49(14-10-30-89-75(82)83)64(112)96-51(24-26-58(77)107)67(115)94-50(15-11-31-90-76(84)85)65(113)98-53(62(79)110)33-42-16-20-45(105)21-17-42)25-27-60(109)87-28-8-7-12-48(66(114)102-57(36-59(78)108)71(119)99-54(32-39(2)3)72(120)103-61)95-69(117)55(34-43-18-22-46(106)23-19-43)100-70(118)56(35-44-37-86-38-91-44)101-63(111)47(92-41(5)104)13-9-29-88-74(80)81/h16-23,37-40,47-57,61,105-106H,6-15,24-36H2,1-5H3,(H2,77,107)(H2,78,108)(H2,79,110)(H,86,91)(H,87,109)(H,92,104)(H,93,116)(H,94,115)(H,95,117)(H,96,112)(H,97,121)(H,98,113)(H,99,119)(H,100,118)(H,101,111)(H,102,114)(H,103,120)(H4,80,81,88)(H4,82,83,89)(H4,84,85,90)/t40-,47+,48+,49+,50+,51+,52+,53+,54+,55+,56+,57+,61+/m1/s1. The topological polar surface area (TPSA) is 811 Å². The SMILES string of the molecule is CC[C@@H](C)[C@@H]1N=C(O)[C@H](CC(C)C)N=C(O)[C@H](CC(=N)O)N=C(O)[C@@H](N=C(O)[C@H](Cc2ccc(O)cc2)N=C(O)[C@H](Cc2cnc[nH]2)N=C(O)[C@H](CCCNC(=N)N)N=C(C)O)CCCCN=C(O)CC[C@@H](C(O)=N[C@@H](CCCNC(=N)N)C(O)=N[C@@H](CCC(=N)O)C(O)=N[C@@H](CCCNC(=N)N)C(O)=N[C@@H](Cc2ccc(O)cc2)C(=N)O)N=C1O. The molecule has 1 aromatic heterocycles. The van der Waals surface area contributed by atoms with Crippen LogP contribution in [0.4, 0.5) is 0 Å². The number of nitrogens with two attached hydrogens (primary N) is 3. The van der Waals surface area contributed by atoms with Crippen LogP contribution >= 0.6 is 0 Å². The lowest BCUT2D eigenvalue weighted by Gasteiger charge is -2.22. The molecule has 0 amide bonds. The second kappa shape index (κ2) is 51.7. The molecule has 45 heteroatoms. The molecule has 0 fully saturated rings. The third-order valence-electron chi connectivity index (χ3n) is 18.4. The van der Waals surface area contributed by atoms with Crippen molar-refractivity contribution >= 4 is 112 Å². The van der Waals surface area contributed by atoms with Crippen LogP contribution < -0.4 is 33.2 Å². The molecular weight excluding hydrogens is 1580 g/mol. The Balaban J connectivity index is 1.99. The molecule has 666 valence electrons. The highest BCUT2D eigenvalue weighted by Crippen LogP contribution is 2.24. The van der Waals surface area contributed by atoms with Crippen LogP contribution in [-0.4, -0.2) is 313 Å². The van der Waals surface area contributed by atoms with E-state index in [-0.39, 0.29) is 139 Å². The third kappa shape index (κ3) is 38.2. The number of nitrogens with one attached hydrogen (secondary N) is 10. The number of nitrogens with zero attached hydrogens (tertiary/aromatic N) is 14. The molecule has 0 saturated carbocycles. The van der Waals surface area contributed by atoms with Crippen molar-refractivity contribution in [3.05, 3.63) is 77.9 Å². The number of phenols is 2. The molecule has 0 aliphatic carbocycles. The number of aromatic hydroxyl groups is 2. The summed E-state index contributed by atoms with van der Waals surface area (Å²) in [6.45, 7) is 8.06. The van der Waals surface area contributed by atoms with E-state index in [0.29, 0.717) is 16.8 Å². The van der Waals surface area contributed by atoms with Crippen LogP contribution in [0.25, 0.3) is 0 Å². The van der Waals surface area contributed by atoms with Crippen molar-refractivity contribution < 1.29 is 91.9 Å². The van der Waals surface area contributed by atoms with Gasteiger partial charge in [0.05, 0.1) is 12.7 Å². The summed E-state index contributed by atoms with van der Waals surface area (Å²) in [6.07, 6.45) is -0.685. The lowest BCUT2D eigenvalue weighted by atomic mass is 9.98. The molecule has 34 N–H and O–H groups in total. The van der Waals surface area contributed by atoms with E-state index in [2.05, 4.69) is 90.8 Å². The number of aliphatic hydroxyl groups is 16. The van der Waals surface area contributed by atoms with Crippen LogP contribution in [0.1, 0.15) is 154 Å². The Kier molecular flexibility index (Phi) is 42.7. The zero-order valence-electron chi connectivity index (χ0n) is 68.2. The predicted molar refractivity (Wildman–Crippen MR) is 467 cm³/mol. The average molecular weight is 1700 g/mol. The van der Waals surface area contributed by atoms with Crippen LogP contribution in [-0.2, 0) is 19.3 Å². The number of imidazole rings is 1. The van der Waals surface area contributed by atoms with Crippen molar-refractivity contribution in [3.63, 3.8) is 0 Å². The molecule has 2 aromatic carbocycles. The summed E-state index contributed by atoms with van der Waals surface area (Å²) >= 11 is 0. The van der Waals surface area contributed by atoms with E-state index >= 15 is 0 Å².